The zero-order valence-electron chi connectivity index (χ0n) is 18.6. The van der Waals surface area contributed by atoms with Gasteiger partial charge in [-0.05, 0) is 63.9 Å². The molecule has 32 heavy (non-hydrogen) atoms. The number of aromatic nitrogens is 1. The smallest absolute Gasteiger partial charge is 0.338 e. The van der Waals surface area contributed by atoms with Gasteiger partial charge in [0.15, 0.2) is 11.6 Å². The number of fused-ring (bicyclic) bond motifs is 1. The van der Waals surface area contributed by atoms with Crippen LogP contribution in [0.5, 0.6) is 5.75 Å². The molecule has 1 aromatic carbocycles. The molecule has 0 bridgehead atoms. The molecule has 170 valence electrons. The Morgan fingerprint density at radius 3 is 2.59 bits per heavy atom. The topological polar surface area (TPSA) is 72.0 Å². The van der Waals surface area contributed by atoms with Crippen LogP contribution in [0.25, 0.3) is 0 Å². The molecule has 0 radical (unpaired) electrons. The van der Waals surface area contributed by atoms with E-state index in [-0.39, 0.29) is 18.4 Å². The largest absolute Gasteiger partial charge is 0.488 e. The zero-order valence-corrected chi connectivity index (χ0v) is 18.6. The SMILES string of the molecule is CC(C)(C)OC(=O)c1ccc(N2CCOc3cc(C(=O)N4CCC[C@@H](F)C4)cnc32)cc1. The number of alkyl halides is 1. The fourth-order valence-electron chi connectivity index (χ4n) is 3.87. The van der Waals surface area contributed by atoms with Crippen molar-refractivity contribution in [1.82, 2.24) is 9.88 Å². The summed E-state index contributed by atoms with van der Waals surface area (Å²) in [6, 6.07) is 8.79. The molecular formula is C24H28FN3O4. The van der Waals surface area contributed by atoms with Crippen LogP contribution >= 0.6 is 0 Å². The Kier molecular flexibility index (Phi) is 6.04. The number of piperidine rings is 1. The third-order valence-corrected chi connectivity index (χ3v) is 5.37. The molecule has 1 saturated heterocycles. The molecule has 0 spiro atoms. The molecule has 0 N–H and O–H groups in total. The second-order valence-electron chi connectivity index (χ2n) is 9.09. The summed E-state index contributed by atoms with van der Waals surface area (Å²) in [5, 5.41) is 0. The first-order chi connectivity index (χ1) is 15.2. The lowest BCUT2D eigenvalue weighted by Gasteiger charge is -2.31. The van der Waals surface area contributed by atoms with E-state index >= 15 is 0 Å². The van der Waals surface area contributed by atoms with E-state index in [1.807, 2.05) is 37.8 Å². The monoisotopic (exact) mass is 441 g/mol. The van der Waals surface area contributed by atoms with Gasteiger partial charge in [0, 0.05) is 18.4 Å². The molecule has 0 aliphatic carbocycles. The predicted molar refractivity (Wildman–Crippen MR) is 118 cm³/mol. The van der Waals surface area contributed by atoms with Gasteiger partial charge in [-0.15, -0.1) is 0 Å². The van der Waals surface area contributed by atoms with Crippen LogP contribution in [0.3, 0.4) is 0 Å². The Hall–Kier alpha value is -3.16. The average Bonchev–Trinajstić information content (AvgIpc) is 2.77. The third-order valence-electron chi connectivity index (χ3n) is 5.37. The van der Waals surface area contributed by atoms with E-state index in [0.29, 0.717) is 55.2 Å². The first-order valence-electron chi connectivity index (χ1n) is 10.9. The van der Waals surface area contributed by atoms with E-state index in [1.54, 1.807) is 18.2 Å². The maximum atomic E-state index is 13.7. The number of likely N-dealkylation sites (tertiary alicyclic amines) is 1. The van der Waals surface area contributed by atoms with Crippen molar-refractivity contribution in [2.24, 2.45) is 0 Å². The van der Waals surface area contributed by atoms with Crippen LogP contribution in [-0.2, 0) is 4.74 Å². The Morgan fingerprint density at radius 1 is 1.16 bits per heavy atom. The Labute approximate surface area is 187 Å². The number of nitrogens with zero attached hydrogens (tertiary/aromatic N) is 3. The molecule has 1 amide bonds. The summed E-state index contributed by atoms with van der Waals surface area (Å²) in [6.45, 7) is 7.16. The van der Waals surface area contributed by atoms with Crippen molar-refractivity contribution in [2.45, 2.75) is 45.4 Å². The van der Waals surface area contributed by atoms with Gasteiger partial charge < -0.3 is 19.3 Å². The van der Waals surface area contributed by atoms with Crippen LogP contribution in [0.15, 0.2) is 36.5 Å². The Morgan fingerprint density at radius 2 is 1.91 bits per heavy atom. The van der Waals surface area contributed by atoms with Crippen LogP contribution < -0.4 is 9.64 Å². The number of hydrogen-bond donors (Lipinski definition) is 0. The number of carbonyl (C=O) groups excluding carboxylic acids is 2. The molecule has 0 saturated carbocycles. The summed E-state index contributed by atoms with van der Waals surface area (Å²) in [4.78, 5) is 33.1. The van der Waals surface area contributed by atoms with E-state index < -0.39 is 11.8 Å². The quantitative estimate of drug-likeness (QED) is 0.667. The second-order valence-corrected chi connectivity index (χ2v) is 9.09. The van der Waals surface area contributed by atoms with Gasteiger partial charge in [0.2, 0.25) is 0 Å². The minimum absolute atomic E-state index is 0.118. The summed E-state index contributed by atoms with van der Waals surface area (Å²) in [5.41, 5.74) is 1.15. The standard InChI is InChI=1S/C24H28FN3O4/c1-24(2,3)32-23(30)16-6-8-19(9-7-16)28-11-12-31-20-13-17(14-26-21(20)28)22(29)27-10-4-5-18(25)15-27/h6-9,13-14,18H,4-5,10-12,15H2,1-3H3/t18-/m1/s1. The summed E-state index contributed by atoms with van der Waals surface area (Å²) in [6.07, 6.45) is 1.69. The number of carbonyl (C=O) groups is 2. The molecule has 8 heteroatoms. The number of hydrogen-bond acceptors (Lipinski definition) is 6. The van der Waals surface area contributed by atoms with Crippen molar-refractivity contribution in [3.8, 4) is 5.75 Å². The number of pyridine rings is 1. The molecule has 2 aromatic rings. The maximum Gasteiger partial charge on any atom is 0.338 e. The molecule has 1 atom stereocenters. The Bertz CT molecular complexity index is 1000. The summed E-state index contributed by atoms with van der Waals surface area (Å²) in [7, 11) is 0. The Balaban J connectivity index is 1.52. The summed E-state index contributed by atoms with van der Waals surface area (Å²) >= 11 is 0. The van der Waals surface area contributed by atoms with Gasteiger partial charge in [0.1, 0.15) is 18.4 Å². The van der Waals surface area contributed by atoms with Gasteiger partial charge in [0.25, 0.3) is 5.91 Å². The van der Waals surface area contributed by atoms with E-state index in [0.717, 1.165) is 5.69 Å². The molecule has 4 rings (SSSR count). The first kappa shape index (κ1) is 22.0. The highest BCUT2D eigenvalue weighted by atomic mass is 19.1. The van der Waals surface area contributed by atoms with Crippen molar-refractivity contribution in [2.75, 3.05) is 31.1 Å². The minimum Gasteiger partial charge on any atom is -0.488 e. The van der Waals surface area contributed by atoms with Gasteiger partial charge >= 0.3 is 5.97 Å². The van der Waals surface area contributed by atoms with Crippen molar-refractivity contribution in [3.63, 3.8) is 0 Å². The number of benzene rings is 1. The van der Waals surface area contributed by atoms with Gasteiger partial charge in [-0.2, -0.15) is 0 Å². The minimum atomic E-state index is -0.978. The fraction of sp³-hybridized carbons (Fsp3) is 0.458. The molecular weight excluding hydrogens is 413 g/mol. The lowest BCUT2D eigenvalue weighted by molar-refractivity contribution is 0.00694. The van der Waals surface area contributed by atoms with E-state index in [2.05, 4.69) is 4.98 Å². The van der Waals surface area contributed by atoms with Crippen molar-refractivity contribution >= 4 is 23.4 Å². The fourth-order valence-corrected chi connectivity index (χ4v) is 3.87. The molecule has 1 fully saturated rings. The predicted octanol–water partition coefficient (Wildman–Crippen LogP) is 4.14. The second kappa shape index (κ2) is 8.76. The highest BCUT2D eigenvalue weighted by Crippen LogP contribution is 2.35. The summed E-state index contributed by atoms with van der Waals surface area (Å²) < 4.78 is 24.9. The van der Waals surface area contributed by atoms with Crippen LogP contribution in [0.4, 0.5) is 15.9 Å². The van der Waals surface area contributed by atoms with E-state index in [1.165, 1.54) is 11.1 Å². The average molecular weight is 442 g/mol. The number of rotatable bonds is 3. The van der Waals surface area contributed by atoms with Crippen LogP contribution in [0.2, 0.25) is 0 Å². The third kappa shape index (κ3) is 4.84. The highest BCUT2D eigenvalue weighted by molar-refractivity contribution is 5.95. The first-order valence-corrected chi connectivity index (χ1v) is 10.9. The number of amides is 1. The van der Waals surface area contributed by atoms with Crippen molar-refractivity contribution in [1.29, 1.82) is 0 Å². The lowest BCUT2D eigenvalue weighted by atomic mass is 10.1. The van der Waals surface area contributed by atoms with Gasteiger partial charge in [0.05, 0.1) is 24.2 Å². The molecule has 1 aromatic heterocycles. The van der Waals surface area contributed by atoms with E-state index in [4.69, 9.17) is 9.47 Å². The molecule has 7 nitrogen and oxygen atoms in total. The number of halogens is 1. The number of esters is 1. The van der Waals surface area contributed by atoms with E-state index in [9.17, 15) is 14.0 Å². The van der Waals surface area contributed by atoms with Crippen molar-refractivity contribution < 1.29 is 23.5 Å². The maximum absolute atomic E-state index is 13.7. The van der Waals surface area contributed by atoms with Crippen LogP contribution in [-0.4, -0.2) is 59.8 Å². The highest BCUT2D eigenvalue weighted by Gasteiger charge is 2.27. The van der Waals surface area contributed by atoms with Gasteiger partial charge in [-0.1, -0.05) is 0 Å². The van der Waals surface area contributed by atoms with Gasteiger partial charge in [-0.3, -0.25) is 4.79 Å². The number of ether oxygens (including phenoxy) is 2. The summed E-state index contributed by atoms with van der Waals surface area (Å²) in [5.74, 6) is 0.498. The van der Waals surface area contributed by atoms with Crippen molar-refractivity contribution in [3.05, 3.63) is 47.7 Å². The zero-order chi connectivity index (χ0) is 22.9. The van der Waals surface area contributed by atoms with Gasteiger partial charge in [-0.25, -0.2) is 14.2 Å². The molecule has 3 heterocycles. The normalized spacial score (nSPS) is 18.6. The number of anilines is 2. The molecule has 2 aliphatic heterocycles. The van der Waals surface area contributed by atoms with Crippen LogP contribution in [0.1, 0.15) is 54.3 Å². The lowest BCUT2D eigenvalue weighted by Crippen LogP contribution is -2.40. The molecule has 2 aliphatic rings. The van der Waals surface area contributed by atoms with Crippen LogP contribution in [0, 0.1) is 0 Å². The molecule has 0 unspecified atom stereocenters.